The number of aromatic nitrogens is 3. The number of nitrogens with two attached hydrogens (primary N) is 2. The third kappa shape index (κ3) is 4.68. The Balaban J connectivity index is 1.45. The highest BCUT2D eigenvalue weighted by molar-refractivity contribution is 6.03. The van der Waals surface area contributed by atoms with E-state index in [2.05, 4.69) is 15.6 Å². The highest BCUT2D eigenvalue weighted by Gasteiger charge is 2.22. The van der Waals surface area contributed by atoms with Crippen LogP contribution in [0.2, 0.25) is 0 Å². The van der Waals surface area contributed by atoms with E-state index < -0.39 is 5.91 Å². The monoisotopic (exact) mass is 458 g/mol. The molecule has 34 heavy (non-hydrogen) atoms. The summed E-state index contributed by atoms with van der Waals surface area (Å²) in [5.74, 6) is -0.374. The number of hydrogen-bond acceptors (Lipinski definition) is 6. The van der Waals surface area contributed by atoms with Gasteiger partial charge in [0.2, 0.25) is 11.8 Å². The zero-order valence-electron chi connectivity index (χ0n) is 19.2. The minimum absolute atomic E-state index is 0.0302. The van der Waals surface area contributed by atoms with E-state index in [9.17, 15) is 9.59 Å². The van der Waals surface area contributed by atoms with Crippen molar-refractivity contribution in [2.45, 2.75) is 33.2 Å². The third-order valence-electron chi connectivity index (χ3n) is 5.40. The Bertz CT molecular complexity index is 1330. The van der Waals surface area contributed by atoms with Gasteiger partial charge in [-0.1, -0.05) is 59.3 Å². The molecule has 0 atom stereocenters. The van der Waals surface area contributed by atoms with Gasteiger partial charge < -0.3 is 16.0 Å². The largest absolute Gasteiger partial charge is 0.383 e. The Labute approximate surface area is 196 Å². The van der Waals surface area contributed by atoms with Gasteiger partial charge in [-0.15, -0.1) is 0 Å². The number of nitrogen functional groups attached to an aromatic ring is 1. The summed E-state index contributed by atoms with van der Waals surface area (Å²) < 4.78 is 6.82. The average molecular weight is 459 g/mol. The Hall–Kier alpha value is -4.40. The van der Waals surface area contributed by atoms with Crippen LogP contribution < -0.4 is 16.8 Å². The molecule has 0 aliphatic carbocycles. The number of benzene rings is 2. The average Bonchev–Trinajstić information content (AvgIpc) is 3.39. The Kier molecular flexibility index (Phi) is 6.18. The smallest absolute Gasteiger partial charge is 0.254 e. The highest BCUT2D eigenvalue weighted by atomic mass is 16.5. The maximum Gasteiger partial charge on any atom is 0.254 e. The van der Waals surface area contributed by atoms with E-state index in [1.165, 1.54) is 0 Å². The van der Waals surface area contributed by atoms with Gasteiger partial charge in [-0.05, 0) is 26.3 Å². The number of amides is 2. The minimum Gasteiger partial charge on any atom is -0.383 e. The molecule has 5 N–H and O–H groups in total. The van der Waals surface area contributed by atoms with E-state index in [4.69, 9.17) is 16.0 Å². The lowest BCUT2D eigenvalue weighted by atomic mass is 10.0. The van der Waals surface area contributed by atoms with Gasteiger partial charge in [0.15, 0.2) is 0 Å². The summed E-state index contributed by atoms with van der Waals surface area (Å²) in [5, 5.41) is 11.2. The van der Waals surface area contributed by atoms with E-state index in [0.717, 1.165) is 16.7 Å². The van der Waals surface area contributed by atoms with Crippen molar-refractivity contribution in [2.75, 3.05) is 11.1 Å². The van der Waals surface area contributed by atoms with Crippen molar-refractivity contribution in [1.82, 2.24) is 14.9 Å². The number of nitrogens with zero attached hydrogens (tertiary/aromatic N) is 3. The maximum absolute atomic E-state index is 12.5. The van der Waals surface area contributed by atoms with Crippen molar-refractivity contribution in [2.24, 2.45) is 5.73 Å². The lowest BCUT2D eigenvalue weighted by Crippen LogP contribution is -2.15. The van der Waals surface area contributed by atoms with E-state index >= 15 is 0 Å². The van der Waals surface area contributed by atoms with Gasteiger partial charge in [0.05, 0.1) is 6.42 Å². The molecule has 0 bridgehead atoms. The number of carbonyl (C=O) groups is 2. The molecule has 2 heterocycles. The van der Waals surface area contributed by atoms with Crippen molar-refractivity contribution < 1.29 is 14.1 Å². The van der Waals surface area contributed by atoms with Crippen LogP contribution in [-0.2, 0) is 11.2 Å². The van der Waals surface area contributed by atoms with E-state index in [0.29, 0.717) is 17.0 Å². The molecule has 0 unspecified atom stereocenters. The number of rotatable bonds is 7. The zero-order chi connectivity index (χ0) is 24.4. The Morgan fingerprint density at radius 1 is 1.06 bits per heavy atom. The van der Waals surface area contributed by atoms with Crippen LogP contribution in [-0.4, -0.2) is 26.8 Å². The quantitative estimate of drug-likeness (QED) is 0.383. The van der Waals surface area contributed by atoms with Gasteiger partial charge in [-0.25, -0.2) is 4.68 Å². The summed E-state index contributed by atoms with van der Waals surface area (Å²) in [7, 11) is 0. The second-order valence-electron chi connectivity index (χ2n) is 8.38. The molecule has 4 rings (SSSR count). The molecule has 0 spiro atoms. The lowest BCUT2D eigenvalue weighted by molar-refractivity contribution is -0.115. The summed E-state index contributed by atoms with van der Waals surface area (Å²) in [5.41, 5.74) is 16.4. The fourth-order valence-electron chi connectivity index (χ4n) is 3.63. The van der Waals surface area contributed by atoms with Crippen LogP contribution in [0.3, 0.4) is 0 Å². The molecule has 0 aliphatic heterocycles. The van der Waals surface area contributed by atoms with Gasteiger partial charge in [0.25, 0.3) is 5.91 Å². The SMILES string of the molecule is Cc1ccc(-c2cc(NC(=O)Cc3ccc(-c4nn(C(C)C)c(N)c4C(N)=O)cc3)on2)cc1. The molecule has 4 aromatic rings. The minimum atomic E-state index is -0.639. The maximum atomic E-state index is 12.5. The molecule has 0 radical (unpaired) electrons. The van der Waals surface area contributed by atoms with Crippen molar-refractivity contribution in [3.05, 3.63) is 71.3 Å². The molecule has 2 amide bonds. The number of nitrogens with one attached hydrogen (secondary N) is 1. The molecular weight excluding hydrogens is 432 g/mol. The molecule has 0 aliphatic rings. The van der Waals surface area contributed by atoms with Gasteiger partial charge in [-0.2, -0.15) is 5.10 Å². The topological polar surface area (TPSA) is 142 Å². The molecule has 0 saturated heterocycles. The van der Waals surface area contributed by atoms with Crippen molar-refractivity contribution in [3.8, 4) is 22.5 Å². The van der Waals surface area contributed by atoms with Crippen LogP contribution in [0.25, 0.3) is 22.5 Å². The molecule has 0 saturated carbocycles. The predicted molar refractivity (Wildman–Crippen MR) is 130 cm³/mol. The molecule has 9 nitrogen and oxygen atoms in total. The number of aryl methyl sites for hydroxylation is 1. The first-order chi connectivity index (χ1) is 16.2. The van der Waals surface area contributed by atoms with Gasteiger partial charge >= 0.3 is 0 Å². The Morgan fingerprint density at radius 3 is 2.32 bits per heavy atom. The predicted octanol–water partition coefficient (Wildman–Crippen LogP) is 3.96. The number of carbonyl (C=O) groups excluding carboxylic acids is 2. The van der Waals surface area contributed by atoms with E-state index in [1.807, 2.05) is 45.0 Å². The van der Waals surface area contributed by atoms with Crippen LogP contribution in [0.5, 0.6) is 0 Å². The molecule has 2 aromatic heterocycles. The highest BCUT2D eigenvalue weighted by Crippen LogP contribution is 2.29. The first kappa shape index (κ1) is 22.8. The third-order valence-corrected chi connectivity index (χ3v) is 5.40. The lowest BCUT2D eigenvalue weighted by Gasteiger charge is -2.07. The summed E-state index contributed by atoms with van der Waals surface area (Å²) in [4.78, 5) is 24.5. The molecule has 174 valence electrons. The van der Waals surface area contributed by atoms with Gasteiger partial charge in [0.1, 0.15) is 22.8 Å². The summed E-state index contributed by atoms with van der Waals surface area (Å²) in [6.07, 6.45) is 0.131. The van der Waals surface area contributed by atoms with Crippen LogP contribution in [0.4, 0.5) is 11.7 Å². The molecule has 9 heteroatoms. The van der Waals surface area contributed by atoms with Crippen LogP contribution in [0, 0.1) is 6.92 Å². The number of hydrogen-bond donors (Lipinski definition) is 3. The Morgan fingerprint density at radius 2 is 1.71 bits per heavy atom. The van der Waals surface area contributed by atoms with Gasteiger partial charge in [0, 0.05) is 23.2 Å². The first-order valence-corrected chi connectivity index (χ1v) is 10.8. The van der Waals surface area contributed by atoms with Crippen LogP contribution in [0.1, 0.15) is 41.4 Å². The second-order valence-corrected chi connectivity index (χ2v) is 8.38. The summed E-state index contributed by atoms with van der Waals surface area (Å²) >= 11 is 0. The van der Waals surface area contributed by atoms with E-state index in [1.54, 1.807) is 35.0 Å². The van der Waals surface area contributed by atoms with Gasteiger partial charge in [-0.3, -0.25) is 14.9 Å². The molecule has 2 aromatic carbocycles. The summed E-state index contributed by atoms with van der Waals surface area (Å²) in [6, 6.07) is 16.7. The zero-order valence-corrected chi connectivity index (χ0v) is 19.2. The first-order valence-electron chi connectivity index (χ1n) is 10.8. The normalized spacial score (nSPS) is 11.1. The number of anilines is 2. The standard InChI is InChI=1S/C25H26N6O3/c1-14(2)31-24(26)22(25(27)33)23(29-31)18-10-6-16(7-11-18)12-20(32)28-21-13-19(30-34-21)17-8-4-15(3)5-9-17/h4-11,13-14H,12,26H2,1-3H3,(H2,27,33)(H,28,32). The van der Waals surface area contributed by atoms with Crippen molar-refractivity contribution in [1.29, 1.82) is 0 Å². The fraction of sp³-hybridized carbons (Fsp3) is 0.200. The van der Waals surface area contributed by atoms with Crippen molar-refractivity contribution >= 4 is 23.5 Å². The van der Waals surface area contributed by atoms with Crippen molar-refractivity contribution in [3.63, 3.8) is 0 Å². The number of primary amides is 1. The second kappa shape index (κ2) is 9.22. The summed E-state index contributed by atoms with van der Waals surface area (Å²) in [6.45, 7) is 5.84. The molecule has 0 fully saturated rings. The fourth-order valence-corrected chi connectivity index (χ4v) is 3.63. The van der Waals surface area contributed by atoms with Crippen LogP contribution in [0.15, 0.2) is 59.1 Å². The van der Waals surface area contributed by atoms with E-state index in [-0.39, 0.29) is 35.6 Å². The van der Waals surface area contributed by atoms with Crippen LogP contribution >= 0.6 is 0 Å². The molecular formula is C25H26N6O3.